The van der Waals surface area contributed by atoms with E-state index in [1.54, 1.807) is 11.3 Å². The van der Waals surface area contributed by atoms with E-state index in [1.165, 1.54) is 4.88 Å². The molecule has 0 aliphatic carbocycles. The maximum Gasteiger partial charge on any atom is 0.159 e. The lowest BCUT2D eigenvalue weighted by Crippen LogP contribution is -2.18. The van der Waals surface area contributed by atoms with Crippen LogP contribution < -0.4 is 0 Å². The standard InChI is InChI=1S/C18H16BrN3S/c1-11-10-15(16-4-3-9-23-16)22-18(20-11)17(12(2)21-22)13-5-7-14(19)8-6-13/h3-9,15H,10H2,1-2H3/t15-/m0/s1. The van der Waals surface area contributed by atoms with Gasteiger partial charge in [0.25, 0.3) is 0 Å². The molecule has 0 unspecified atom stereocenters. The van der Waals surface area contributed by atoms with E-state index in [2.05, 4.69) is 76.2 Å². The SMILES string of the molecule is CC1=Nc2c(-c3ccc(Br)cc3)c(C)nn2[C@H](c2cccs2)C1. The highest BCUT2D eigenvalue weighted by Gasteiger charge is 2.28. The second-order valence-corrected chi connectivity index (χ2v) is 7.71. The molecule has 4 rings (SSSR count). The van der Waals surface area contributed by atoms with Crippen molar-refractivity contribution in [2.24, 2.45) is 4.99 Å². The molecule has 0 N–H and O–H groups in total. The van der Waals surface area contributed by atoms with E-state index in [0.29, 0.717) is 0 Å². The molecule has 5 heteroatoms. The molecule has 1 aliphatic heterocycles. The Morgan fingerprint density at radius 1 is 1.17 bits per heavy atom. The quantitative estimate of drug-likeness (QED) is 0.550. The highest BCUT2D eigenvalue weighted by Crippen LogP contribution is 2.41. The summed E-state index contributed by atoms with van der Waals surface area (Å²) in [5.74, 6) is 0.979. The van der Waals surface area contributed by atoms with Crippen LogP contribution in [0.5, 0.6) is 0 Å². The van der Waals surface area contributed by atoms with Gasteiger partial charge in [-0.15, -0.1) is 11.3 Å². The van der Waals surface area contributed by atoms with E-state index in [4.69, 9.17) is 10.1 Å². The maximum atomic E-state index is 4.84. The van der Waals surface area contributed by atoms with Gasteiger partial charge >= 0.3 is 0 Å². The Labute approximate surface area is 147 Å². The summed E-state index contributed by atoms with van der Waals surface area (Å²) in [6.07, 6.45) is 0.925. The lowest BCUT2D eigenvalue weighted by atomic mass is 10.0. The minimum atomic E-state index is 0.255. The molecular weight excluding hydrogens is 370 g/mol. The van der Waals surface area contributed by atoms with Gasteiger partial charge in [0.05, 0.1) is 11.7 Å². The number of benzene rings is 1. The van der Waals surface area contributed by atoms with Crippen molar-refractivity contribution in [3.05, 3.63) is 56.8 Å². The van der Waals surface area contributed by atoms with E-state index in [-0.39, 0.29) is 6.04 Å². The first-order valence-electron chi connectivity index (χ1n) is 7.56. The Kier molecular flexibility index (Phi) is 3.70. The van der Waals surface area contributed by atoms with Crippen LogP contribution >= 0.6 is 27.3 Å². The second-order valence-electron chi connectivity index (χ2n) is 5.82. The first-order valence-corrected chi connectivity index (χ1v) is 9.23. The first-order chi connectivity index (χ1) is 11.1. The maximum absolute atomic E-state index is 4.84. The Balaban J connectivity index is 1.90. The largest absolute Gasteiger partial charge is 0.238 e. The Morgan fingerprint density at radius 2 is 1.96 bits per heavy atom. The third kappa shape index (κ3) is 2.58. The van der Waals surface area contributed by atoms with Gasteiger partial charge < -0.3 is 0 Å². The molecule has 3 nitrogen and oxygen atoms in total. The smallest absolute Gasteiger partial charge is 0.159 e. The van der Waals surface area contributed by atoms with Crippen LogP contribution in [0.1, 0.15) is 30.0 Å². The van der Waals surface area contributed by atoms with Gasteiger partial charge in [0.2, 0.25) is 0 Å². The molecule has 0 spiro atoms. The summed E-state index contributed by atoms with van der Waals surface area (Å²) in [7, 11) is 0. The van der Waals surface area contributed by atoms with E-state index in [0.717, 1.165) is 39.2 Å². The minimum Gasteiger partial charge on any atom is -0.238 e. The average Bonchev–Trinajstić information content (AvgIpc) is 3.15. The summed E-state index contributed by atoms with van der Waals surface area (Å²) in [5, 5.41) is 6.95. The molecule has 0 fully saturated rings. The van der Waals surface area contributed by atoms with Crippen LogP contribution in [-0.2, 0) is 0 Å². The molecule has 0 saturated carbocycles. The third-order valence-corrected chi connectivity index (χ3v) is 5.65. The lowest BCUT2D eigenvalue weighted by molar-refractivity contribution is 0.536. The van der Waals surface area contributed by atoms with Crippen molar-refractivity contribution in [2.45, 2.75) is 26.3 Å². The zero-order chi connectivity index (χ0) is 16.0. The summed E-state index contributed by atoms with van der Waals surface area (Å²) < 4.78 is 3.18. The number of aryl methyl sites for hydroxylation is 1. The third-order valence-electron chi connectivity index (χ3n) is 4.15. The summed E-state index contributed by atoms with van der Waals surface area (Å²) in [4.78, 5) is 6.17. The van der Waals surface area contributed by atoms with Crippen LogP contribution in [0.3, 0.4) is 0 Å². The topological polar surface area (TPSA) is 30.2 Å². The van der Waals surface area contributed by atoms with E-state index in [9.17, 15) is 0 Å². The molecule has 3 aromatic rings. The van der Waals surface area contributed by atoms with Gasteiger partial charge in [0.15, 0.2) is 5.82 Å². The van der Waals surface area contributed by atoms with Crippen LogP contribution in [0.25, 0.3) is 11.1 Å². The van der Waals surface area contributed by atoms with Gasteiger partial charge in [-0.3, -0.25) is 0 Å². The van der Waals surface area contributed by atoms with Crippen molar-refractivity contribution in [1.29, 1.82) is 0 Å². The van der Waals surface area contributed by atoms with Crippen molar-refractivity contribution in [2.75, 3.05) is 0 Å². The van der Waals surface area contributed by atoms with Crippen LogP contribution in [0.4, 0.5) is 5.82 Å². The molecule has 1 atom stereocenters. The molecule has 0 bridgehead atoms. The molecule has 2 aromatic heterocycles. The zero-order valence-electron chi connectivity index (χ0n) is 13.0. The van der Waals surface area contributed by atoms with Gasteiger partial charge in [-0.05, 0) is 43.0 Å². The number of aliphatic imine (C=N–C) groups is 1. The number of aromatic nitrogens is 2. The van der Waals surface area contributed by atoms with E-state index < -0.39 is 0 Å². The fourth-order valence-electron chi connectivity index (χ4n) is 3.11. The van der Waals surface area contributed by atoms with Gasteiger partial charge in [-0.1, -0.05) is 34.1 Å². The van der Waals surface area contributed by atoms with Gasteiger partial charge in [0, 0.05) is 27.0 Å². The highest BCUT2D eigenvalue weighted by molar-refractivity contribution is 9.10. The summed E-state index contributed by atoms with van der Waals surface area (Å²) in [6.45, 7) is 4.18. The first kappa shape index (κ1) is 14.8. The molecule has 0 saturated heterocycles. The summed E-state index contributed by atoms with van der Waals surface area (Å²) in [5.41, 5.74) is 4.49. The summed E-state index contributed by atoms with van der Waals surface area (Å²) in [6, 6.07) is 12.9. The molecule has 23 heavy (non-hydrogen) atoms. The number of rotatable bonds is 2. The predicted molar refractivity (Wildman–Crippen MR) is 99.9 cm³/mol. The number of fused-ring (bicyclic) bond motifs is 1. The number of hydrogen-bond donors (Lipinski definition) is 0. The summed E-state index contributed by atoms with van der Waals surface area (Å²) >= 11 is 5.29. The zero-order valence-corrected chi connectivity index (χ0v) is 15.4. The Morgan fingerprint density at radius 3 is 2.65 bits per heavy atom. The number of halogens is 1. The normalized spacial score (nSPS) is 17.0. The van der Waals surface area contributed by atoms with Crippen molar-refractivity contribution >= 4 is 38.8 Å². The number of hydrogen-bond acceptors (Lipinski definition) is 3. The predicted octanol–water partition coefficient (Wildman–Crippen LogP) is 5.77. The minimum absolute atomic E-state index is 0.255. The molecule has 1 aliphatic rings. The fraction of sp³-hybridized carbons (Fsp3) is 0.222. The Bertz CT molecular complexity index is 876. The van der Waals surface area contributed by atoms with Gasteiger partial charge in [-0.25, -0.2) is 9.67 Å². The average molecular weight is 386 g/mol. The lowest BCUT2D eigenvalue weighted by Gasteiger charge is -2.22. The molecule has 0 amide bonds. The van der Waals surface area contributed by atoms with Crippen molar-refractivity contribution in [3.63, 3.8) is 0 Å². The number of thiophene rings is 1. The van der Waals surface area contributed by atoms with E-state index in [1.807, 2.05) is 0 Å². The van der Waals surface area contributed by atoms with Gasteiger partial charge in [-0.2, -0.15) is 5.10 Å². The van der Waals surface area contributed by atoms with Crippen LogP contribution in [0.15, 0.2) is 51.2 Å². The Hall–Kier alpha value is -1.72. The second kappa shape index (κ2) is 5.73. The van der Waals surface area contributed by atoms with Crippen molar-refractivity contribution in [3.8, 4) is 11.1 Å². The monoisotopic (exact) mass is 385 g/mol. The van der Waals surface area contributed by atoms with Crippen molar-refractivity contribution < 1.29 is 0 Å². The van der Waals surface area contributed by atoms with Crippen molar-refractivity contribution in [1.82, 2.24) is 9.78 Å². The van der Waals surface area contributed by atoms with Gasteiger partial charge in [0.1, 0.15) is 0 Å². The van der Waals surface area contributed by atoms with E-state index >= 15 is 0 Å². The molecule has 116 valence electrons. The van der Waals surface area contributed by atoms with Crippen LogP contribution in [-0.4, -0.2) is 15.5 Å². The van der Waals surface area contributed by atoms with Crippen LogP contribution in [0, 0.1) is 6.92 Å². The van der Waals surface area contributed by atoms with Crippen LogP contribution in [0.2, 0.25) is 0 Å². The molecular formula is C18H16BrN3S. The number of nitrogens with zero attached hydrogens (tertiary/aromatic N) is 3. The molecule has 0 radical (unpaired) electrons. The fourth-order valence-corrected chi connectivity index (χ4v) is 4.18. The molecule has 3 heterocycles. The highest BCUT2D eigenvalue weighted by atomic mass is 79.9. The molecule has 1 aromatic carbocycles.